The molecule has 0 N–H and O–H groups in total. The predicted octanol–water partition coefficient (Wildman–Crippen LogP) is 23.1. The van der Waals surface area contributed by atoms with Crippen LogP contribution in [0.25, 0.3) is 135 Å². The lowest BCUT2D eigenvalue weighted by atomic mass is 9.81. The fourth-order valence-corrected chi connectivity index (χ4v) is 15.7. The summed E-state index contributed by atoms with van der Waals surface area (Å²) in [6, 6.07) is 91.9. The van der Waals surface area contributed by atoms with Gasteiger partial charge in [0.2, 0.25) is 0 Å². The third kappa shape index (κ3) is 8.16. The van der Waals surface area contributed by atoms with Gasteiger partial charge in [0.15, 0.2) is 0 Å². The zero-order valence-electron chi connectivity index (χ0n) is 51.8. The molecule has 89 heavy (non-hydrogen) atoms. The third-order valence-corrected chi connectivity index (χ3v) is 20.7. The molecule has 0 saturated carbocycles. The van der Waals surface area contributed by atoms with Crippen LogP contribution in [0.15, 0.2) is 243 Å². The molecule has 14 aromatic rings. The normalized spacial score (nSPS) is 14.7. The summed E-state index contributed by atoms with van der Waals surface area (Å²) in [5, 5.41) is 5.09. The first-order valence-electron chi connectivity index (χ1n) is 31.6. The topological polar surface area (TPSA) is 9.86 Å². The SMILES string of the molecule is Cc1ccc(-n2c3ccccc3c3cc(-c4ccc5c(c4)C(C)(C)c4cc(/C=C/c6ccc7c(c6)C(C)(C)c6cc(/C=C/c8ccc9c(c8)C(C)(C)c8cc(-c%10ccc%11c(c%10)c%10ccccc%10n%11-c%10ccc(C)cc%10)ccc8-9)ccc6-7)ccc4-5)ccc32)cc1. The number of rotatable bonds is 8. The maximum Gasteiger partial charge on any atom is 0.0541 e. The molecule has 3 aliphatic carbocycles. The maximum atomic E-state index is 2.45. The van der Waals surface area contributed by atoms with Gasteiger partial charge >= 0.3 is 0 Å². The van der Waals surface area contributed by atoms with E-state index in [0.29, 0.717) is 0 Å². The Morgan fingerprint density at radius 3 is 0.854 bits per heavy atom. The molecule has 0 saturated heterocycles. The Kier molecular flexibility index (Phi) is 11.5. The van der Waals surface area contributed by atoms with Crippen LogP contribution in [-0.2, 0) is 16.2 Å². The van der Waals surface area contributed by atoms with Crippen molar-refractivity contribution in [3.8, 4) is 67.0 Å². The van der Waals surface area contributed by atoms with Crippen molar-refractivity contribution >= 4 is 67.9 Å². The lowest BCUT2D eigenvalue weighted by Gasteiger charge is -2.22. The van der Waals surface area contributed by atoms with Gasteiger partial charge in [0, 0.05) is 49.2 Å². The van der Waals surface area contributed by atoms with Gasteiger partial charge in [-0.1, -0.05) is 247 Å². The molecule has 17 rings (SSSR count). The molecular formula is C87H68N2. The maximum absolute atomic E-state index is 2.45. The highest BCUT2D eigenvalue weighted by molar-refractivity contribution is 6.12. The second-order valence-electron chi connectivity index (χ2n) is 27.1. The monoisotopic (exact) mass is 1140 g/mol. The standard InChI is InChI=1S/C87H68N2/c1-53-17-33-63(34-18-53)88-81-15-11-9-13-71(81)73-49-59(31-43-83(73)88)61-29-41-69-67-39-27-57(47-77(67)86(5,6)79(69)51-61)23-21-55-25-37-65-66-38-26-56(46-76(66)85(3,4)75(65)45-55)22-24-58-28-40-68-70-42-30-62(52-80(70)87(7,8)78(68)48-58)60-32-44-84-74(50-60)72-14-10-12-16-82(72)89(84)64-35-19-54(2)20-36-64/h9-52H,1-8H3/b23-21+,24-22+. The van der Waals surface area contributed by atoms with Crippen molar-refractivity contribution in [2.24, 2.45) is 0 Å². The lowest BCUT2D eigenvalue weighted by molar-refractivity contribution is 0.660. The number of benzene rings is 12. The highest BCUT2D eigenvalue weighted by Gasteiger charge is 2.38. The van der Waals surface area contributed by atoms with Gasteiger partial charge in [-0.25, -0.2) is 0 Å². The second-order valence-corrected chi connectivity index (χ2v) is 27.1. The van der Waals surface area contributed by atoms with Crippen LogP contribution in [-0.4, -0.2) is 9.13 Å². The number of hydrogen-bond acceptors (Lipinski definition) is 0. The van der Waals surface area contributed by atoms with Crippen LogP contribution < -0.4 is 0 Å². The fourth-order valence-electron chi connectivity index (χ4n) is 15.7. The van der Waals surface area contributed by atoms with E-state index < -0.39 is 0 Å². The second kappa shape index (κ2) is 19.4. The number of fused-ring (bicyclic) bond motifs is 15. The van der Waals surface area contributed by atoms with Crippen molar-refractivity contribution in [2.45, 2.75) is 71.6 Å². The van der Waals surface area contributed by atoms with E-state index >= 15 is 0 Å². The molecule has 426 valence electrons. The number of nitrogens with zero attached hydrogens (tertiary/aromatic N) is 2. The van der Waals surface area contributed by atoms with Gasteiger partial charge in [-0.3, -0.25) is 0 Å². The van der Waals surface area contributed by atoms with E-state index in [1.54, 1.807) is 0 Å². The third-order valence-electron chi connectivity index (χ3n) is 20.7. The molecule has 0 unspecified atom stereocenters. The summed E-state index contributed by atoms with van der Waals surface area (Å²) in [6.45, 7) is 18.7. The number of hydrogen-bond donors (Lipinski definition) is 0. The summed E-state index contributed by atoms with van der Waals surface area (Å²) in [4.78, 5) is 0. The summed E-state index contributed by atoms with van der Waals surface area (Å²) < 4.78 is 4.80. The van der Waals surface area contributed by atoms with Gasteiger partial charge in [-0.15, -0.1) is 0 Å². The largest absolute Gasteiger partial charge is 0.309 e. The molecule has 3 aliphatic rings. The molecule has 0 fully saturated rings. The summed E-state index contributed by atoms with van der Waals surface area (Å²) in [5.74, 6) is 0. The molecule has 2 aromatic heterocycles. The average Bonchev–Trinajstić information content (AvgIpc) is 1.77. The minimum absolute atomic E-state index is 0.152. The Balaban J connectivity index is 0.601. The van der Waals surface area contributed by atoms with Crippen LogP contribution in [0.1, 0.15) is 108 Å². The van der Waals surface area contributed by atoms with Crippen LogP contribution in [0.2, 0.25) is 0 Å². The zero-order valence-corrected chi connectivity index (χ0v) is 51.8. The van der Waals surface area contributed by atoms with Crippen molar-refractivity contribution in [1.29, 1.82) is 0 Å². The van der Waals surface area contributed by atoms with Crippen LogP contribution in [0, 0.1) is 13.8 Å². The Bertz CT molecular complexity index is 5060. The van der Waals surface area contributed by atoms with Gasteiger partial charge in [0.1, 0.15) is 0 Å². The van der Waals surface area contributed by atoms with E-state index in [1.807, 2.05) is 0 Å². The number of para-hydroxylation sites is 2. The Morgan fingerprint density at radius 1 is 0.247 bits per heavy atom. The number of aryl methyl sites for hydroxylation is 2. The summed E-state index contributed by atoms with van der Waals surface area (Å²) >= 11 is 0. The predicted molar refractivity (Wildman–Crippen MR) is 379 cm³/mol. The van der Waals surface area contributed by atoms with E-state index in [2.05, 4.69) is 331 Å². The molecule has 0 spiro atoms. The van der Waals surface area contributed by atoms with Crippen LogP contribution >= 0.6 is 0 Å². The van der Waals surface area contributed by atoms with Gasteiger partial charge in [0.05, 0.1) is 22.1 Å². The fraction of sp³-hybridized carbons (Fsp3) is 0.126. The zero-order chi connectivity index (χ0) is 60.2. The van der Waals surface area contributed by atoms with Crippen LogP contribution in [0.3, 0.4) is 0 Å². The highest BCUT2D eigenvalue weighted by atomic mass is 15.0. The summed E-state index contributed by atoms with van der Waals surface area (Å²) in [5.41, 5.74) is 35.5. The average molecular weight is 1140 g/mol. The quantitative estimate of drug-likeness (QED) is 0.134. The van der Waals surface area contributed by atoms with E-state index in [9.17, 15) is 0 Å². The number of aromatic nitrogens is 2. The van der Waals surface area contributed by atoms with E-state index in [4.69, 9.17) is 0 Å². The Labute approximate surface area is 522 Å². The minimum atomic E-state index is -0.157. The van der Waals surface area contributed by atoms with Gasteiger partial charge in [0.25, 0.3) is 0 Å². The van der Waals surface area contributed by atoms with Crippen molar-refractivity contribution < 1.29 is 0 Å². The molecule has 0 aliphatic heterocycles. The first-order valence-corrected chi connectivity index (χ1v) is 31.6. The van der Waals surface area contributed by atoms with Gasteiger partial charge in [-0.2, -0.15) is 0 Å². The van der Waals surface area contributed by atoms with Crippen LogP contribution in [0.4, 0.5) is 0 Å². The van der Waals surface area contributed by atoms with Gasteiger partial charge < -0.3 is 9.13 Å². The van der Waals surface area contributed by atoms with E-state index in [1.165, 1.54) is 177 Å². The Hall–Kier alpha value is -10.3. The molecule has 12 aromatic carbocycles. The lowest BCUT2D eigenvalue weighted by Crippen LogP contribution is -2.15. The van der Waals surface area contributed by atoms with Crippen molar-refractivity contribution in [2.75, 3.05) is 0 Å². The van der Waals surface area contributed by atoms with Crippen molar-refractivity contribution in [1.82, 2.24) is 9.13 Å². The highest BCUT2D eigenvalue weighted by Crippen LogP contribution is 2.53. The van der Waals surface area contributed by atoms with Crippen LogP contribution in [0.5, 0.6) is 0 Å². The van der Waals surface area contributed by atoms with Gasteiger partial charge in [-0.05, 0) is 198 Å². The first-order chi connectivity index (χ1) is 43.1. The molecule has 2 heterocycles. The molecule has 0 radical (unpaired) electrons. The van der Waals surface area contributed by atoms with E-state index in [0.717, 1.165) is 0 Å². The molecule has 0 amide bonds. The first kappa shape index (κ1) is 53.0. The van der Waals surface area contributed by atoms with Crippen molar-refractivity contribution in [3.63, 3.8) is 0 Å². The molecule has 0 atom stereocenters. The molecular weight excluding hydrogens is 1070 g/mol. The Morgan fingerprint density at radius 2 is 0.517 bits per heavy atom. The summed E-state index contributed by atoms with van der Waals surface area (Å²) in [7, 11) is 0. The smallest absolute Gasteiger partial charge is 0.0541 e. The molecule has 0 bridgehead atoms. The van der Waals surface area contributed by atoms with Crippen molar-refractivity contribution in [3.05, 3.63) is 309 Å². The van der Waals surface area contributed by atoms with E-state index in [-0.39, 0.29) is 16.2 Å². The summed E-state index contributed by atoms with van der Waals surface area (Å²) in [6.07, 6.45) is 9.21. The minimum Gasteiger partial charge on any atom is -0.309 e. The molecule has 2 heteroatoms. The molecule has 2 nitrogen and oxygen atoms in total.